The highest BCUT2D eigenvalue weighted by molar-refractivity contribution is 5.90. The molecule has 2 N–H and O–H groups in total. The Morgan fingerprint density at radius 1 is 1.43 bits per heavy atom. The van der Waals surface area contributed by atoms with E-state index in [1.165, 1.54) is 0 Å². The van der Waals surface area contributed by atoms with Gasteiger partial charge in [0.05, 0.1) is 17.9 Å². The van der Waals surface area contributed by atoms with Gasteiger partial charge in [-0.25, -0.2) is 14.5 Å². The molecule has 110 valence electrons. The van der Waals surface area contributed by atoms with E-state index >= 15 is 0 Å². The maximum Gasteiger partial charge on any atom is 0.319 e. The molecule has 0 saturated carbocycles. The number of fused-ring (bicyclic) bond motifs is 1. The van der Waals surface area contributed by atoms with Gasteiger partial charge in [0.15, 0.2) is 0 Å². The SMILES string of the molecule is Cc1nc2n(n1)CCC[C@@H]2NC(=O)Nc1cnccc1C. The molecule has 0 unspecified atom stereocenters. The lowest BCUT2D eigenvalue weighted by Gasteiger charge is -2.23. The smallest absolute Gasteiger partial charge is 0.319 e. The van der Waals surface area contributed by atoms with Crippen molar-refractivity contribution < 1.29 is 4.79 Å². The quantitative estimate of drug-likeness (QED) is 0.883. The number of amides is 2. The summed E-state index contributed by atoms with van der Waals surface area (Å²) in [6, 6.07) is 1.51. The molecule has 2 amide bonds. The zero-order valence-corrected chi connectivity index (χ0v) is 12.1. The summed E-state index contributed by atoms with van der Waals surface area (Å²) in [5, 5.41) is 10.1. The van der Waals surface area contributed by atoms with Gasteiger partial charge in [0.2, 0.25) is 0 Å². The molecule has 0 bridgehead atoms. The summed E-state index contributed by atoms with van der Waals surface area (Å²) < 4.78 is 1.87. The van der Waals surface area contributed by atoms with Gasteiger partial charge in [-0.15, -0.1) is 0 Å². The van der Waals surface area contributed by atoms with Crippen molar-refractivity contribution in [2.45, 2.75) is 39.3 Å². The zero-order chi connectivity index (χ0) is 14.8. The Kier molecular flexibility index (Phi) is 3.55. The topological polar surface area (TPSA) is 84.7 Å². The number of nitrogens with zero attached hydrogens (tertiary/aromatic N) is 4. The molecule has 0 fully saturated rings. The molecule has 0 aromatic carbocycles. The zero-order valence-electron chi connectivity index (χ0n) is 12.1. The fraction of sp³-hybridized carbons (Fsp3) is 0.429. The summed E-state index contributed by atoms with van der Waals surface area (Å²) in [7, 11) is 0. The van der Waals surface area contributed by atoms with Crippen LogP contribution < -0.4 is 10.6 Å². The van der Waals surface area contributed by atoms with Crippen molar-refractivity contribution in [2.75, 3.05) is 5.32 Å². The lowest BCUT2D eigenvalue weighted by molar-refractivity contribution is 0.244. The molecule has 1 aliphatic rings. The number of aryl methyl sites for hydroxylation is 3. The lowest BCUT2D eigenvalue weighted by atomic mass is 10.1. The Balaban J connectivity index is 1.70. The average Bonchev–Trinajstić information content (AvgIpc) is 2.83. The highest BCUT2D eigenvalue weighted by atomic mass is 16.2. The number of hydrogen-bond donors (Lipinski definition) is 2. The first-order valence-corrected chi connectivity index (χ1v) is 7.03. The lowest BCUT2D eigenvalue weighted by Crippen LogP contribution is -2.36. The van der Waals surface area contributed by atoms with Crippen molar-refractivity contribution in [3.8, 4) is 0 Å². The van der Waals surface area contributed by atoms with Crippen molar-refractivity contribution in [1.82, 2.24) is 25.1 Å². The van der Waals surface area contributed by atoms with Crippen LogP contribution in [0.3, 0.4) is 0 Å². The second-order valence-electron chi connectivity index (χ2n) is 5.22. The summed E-state index contributed by atoms with van der Waals surface area (Å²) in [6.45, 7) is 4.65. The Morgan fingerprint density at radius 3 is 3.10 bits per heavy atom. The van der Waals surface area contributed by atoms with E-state index in [-0.39, 0.29) is 12.1 Å². The van der Waals surface area contributed by atoms with Gasteiger partial charge < -0.3 is 10.6 Å². The molecular weight excluding hydrogens is 268 g/mol. The average molecular weight is 286 g/mol. The van der Waals surface area contributed by atoms with Crippen LogP contribution in [-0.4, -0.2) is 25.8 Å². The van der Waals surface area contributed by atoms with Crippen molar-refractivity contribution in [2.24, 2.45) is 0 Å². The normalized spacial score (nSPS) is 17.1. The molecule has 2 aromatic heterocycles. The number of rotatable bonds is 2. The van der Waals surface area contributed by atoms with E-state index in [0.29, 0.717) is 5.69 Å². The molecule has 21 heavy (non-hydrogen) atoms. The van der Waals surface area contributed by atoms with Crippen molar-refractivity contribution in [3.05, 3.63) is 35.7 Å². The maximum absolute atomic E-state index is 12.1. The van der Waals surface area contributed by atoms with Gasteiger partial charge in [-0.3, -0.25) is 4.98 Å². The van der Waals surface area contributed by atoms with Crippen LogP contribution in [0.25, 0.3) is 0 Å². The first-order chi connectivity index (χ1) is 10.1. The van der Waals surface area contributed by atoms with Gasteiger partial charge in [-0.2, -0.15) is 5.10 Å². The standard InChI is InChI=1S/C14H18N6O/c1-9-5-6-15-8-12(9)18-14(21)17-11-4-3-7-20-13(11)16-10(2)19-20/h5-6,8,11H,3-4,7H2,1-2H3,(H2,17,18,21)/t11-/m0/s1. The molecule has 7 heteroatoms. The highest BCUT2D eigenvalue weighted by Gasteiger charge is 2.25. The summed E-state index contributed by atoms with van der Waals surface area (Å²) >= 11 is 0. The van der Waals surface area contributed by atoms with E-state index in [2.05, 4.69) is 25.7 Å². The first-order valence-electron chi connectivity index (χ1n) is 7.03. The number of hydrogen-bond acceptors (Lipinski definition) is 4. The Labute approximate surface area is 122 Å². The molecule has 1 atom stereocenters. The number of urea groups is 1. The van der Waals surface area contributed by atoms with Crippen LogP contribution in [0.5, 0.6) is 0 Å². The second-order valence-corrected chi connectivity index (χ2v) is 5.22. The predicted molar refractivity (Wildman–Crippen MR) is 77.9 cm³/mol. The molecule has 3 heterocycles. The summed E-state index contributed by atoms with van der Waals surface area (Å²) in [4.78, 5) is 20.6. The van der Waals surface area contributed by atoms with Gasteiger partial charge >= 0.3 is 6.03 Å². The number of aromatic nitrogens is 4. The maximum atomic E-state index is 12.1. The van der Waals surface area contributed by atoms with E-state index in [0.717, 1.165) is 36.6 Å². The summed E-state index contributed by atoms with van der Waals surface area (Å²) in [5.41, 5.74) is 1.69. The molecule has 1 aliphatic heterocycles. The Morgan fingerprint density at radius 2 is 2.29 bits per heavy atom. The number of nitrogens with one attached hydrogen (secondary N) is 2. The second kappa shape index (κ2) is 5.51. The van der Waals surface area contributed by atoms with E-state index in [1.54, 1.807) is 12.4 Å². The third kappa shape index (κ3) is 2.86. The molecule has 0 saturated heterocycles. The molecule has 0 aliphatic carbocycles. The minimum absolute atomic E-state index is 0.100. The first kappa shape index (κ1) is 13.5. The number of anilines is 1. The van der Waals surface area contributed by atoms with E-state index in [9.17, 15) is 4.79 Å². The third-order valence-corrected chi connectivity index (χ3v) is 3.57. The fourth-order valence-corrected chi connectivity index (χ4v) is 2.52. The number of carbonyl (C=O) groups is 1. The molecule has 0 radical (unpaired) electrons. The van der Waals surface area contributed by atoms with Crippen molar-refractivity contribution in [3.63, 3.8) is 0 Å². The minimum atomic E-state index is -0.245. The van der Waals surface area contributed by atoms with Gasteiger partial charge in [0, 0.05) is 12.7 Å². The van der Waals surface area contributed by atoms with Crippen LogP contribution in [-0.2, 0) is 6.54 Å². The molecule has 2 aromatic rings. The van der Waals surface area contributed by atoms with Gasteiger partial charge in [0.25, 0.3) is 0 Å². The van der Waals surface area contributed by atoms with Crippen LogP contribution in [0.1, 0.15) is 36.1 Å². The van der Waals surface area contributed by atoms with Crippen LogP contribution in [0.4, 0.5) is 10.5 Å². The molecular formula is C14H18N6O. The fourth-order valence-electron chi connectivity index (χ4n) is 2.52. The van der Waals surface area contributed by atoms with E-state index in [4.69, 9.17) is 0 Å². The largest absolute Gasteiger partial charge is 0.328 e. The summed E-state index contributed by atoms with van der Waals surface area (Å²) in [5.74, 6) is 1.57. The monoisotopic (exact) mass is 286 g/mol. The minimum Gasteiger partial charge on any atom is -0.328 e. The molecule has 3 rings (SSSR count). The van der Waals surface area contributed by atoms with Gasteiger partial charge in [-0.1, -0.05) is 0 Å². The van der Waals surface area contributed by atoms with Crippen LogP contribution >= 0.6 is 0 Å². The van der Waals surface area contributed by atoms with Crippen LogP contribution in [0.15, 0.2) is 18.5 Å². The molecule has 0 spiro atoms. The van der Waals surface area contributed by atoms with Crippen LogP contribution in [0.2, 0.25) is 0 Å². The highest BCUT2D eigenvalue weighted by Crippen LogP contribution is 2.23. The van der Waals surface area contributed by atoms with Crippen molar-refractivity contribution >= 4 is 11.7 Å². The number of carbonyl (C=O) groups excluding carboxylic acids is 1. The molecule has 7 nitrogen and oxygen atoms in total. The van der Waals surface area contributed by atoms with Gasteiger partial charge in [-0.05, 0) is 38.3 Å². The third-order valence-electron chi connectivity index (χ3n) is 3.57. The predicted octanol–water partition coefficient (Wildman–Crippen LogP) is 1.95. The van der Waals surface area contributed by atoms with Gasteiger partial charge in [0.1, 0.15) is 11.6 Å². The van der Waals surface area contributed by atoms with Crippen molar-refractivity contribution in [1.29, 1.82) is 0 Å². The van der Waals surface area contributed by atoms with E-state index in [1.807, 2.05) is 24.6 Å². The summed E-state index contributed by atoms with van der Waals surface area (Å²) in [6.07, 6.45) is 5.19. The Bertz CT molecular complexity index is 665. The van der Waals surface area contributed by atoms with E-state index < -0.39 is 0 Å². The van der Waals surface area contributed by atoms with Crippen LogP contribution in [0, 0.1) is 13.8 Å². The number of pyridine rings is 1. The Hall–Kier alpha value is -2.44.